The molecule has 0 radical (unpaired) electrons. The summed E-state index contributed by atoms with van der Waals surface area (Å²) in [6.45, 7) is 8.20. The van der Waals surface area contributed by atoms with Crippen LogP contribution >= 0.6 is 0 Å². The lowest BCUT2D eigenvalue weighted by atomic mass is 10.1. The molecule has 12 heteroatoms. The van der Waals surface area contributed by atoms with E-state index in [9.17, 15) is 14.9 Å². The Bertz CT molecular complexity index is 764. The van der Waals surface area contributed by atoms with E-state index in [1.165, 1.54) is 44.2 Å². The summed E-state index contributed by atoms with van der Waals surface area (Å²) < 4.78 is 43.2. The molecule has 0 spiro atoms. The SMILES string of the molecule is CCCCCCCCCC(=O)OCCOCCOCCOCCOCCOCCOCCOc1ccc([N+](=O)[O-])cc1. The molecule has 242 valence electrons. The van der Waals surface area contributed by atoms with Crippen LogP contribution in [0.1, 0.15) is 58.3 Å². The Morgan fingerprint density at radius 1 is 0.595 bits per heavy atom. The van der Waals surface area contributed by atoms with Gasteiger partial charge in [-0.25, -0.2) is 0 Å². The van der Waals surface area contributed by atoms with Crippen LogP contribution < -0.4 is 4.74 Å². The molecule has 0 aliphatic rings. The third-order valence-electron chi connectivity index (χ3n) is 5.88. The number of nitro benzene ring substituents is 1. The Morgan fingerprint density at radius 3 is 1.45 bits per heavy atom. The summed E-state index contributed by atoms with van der Waals surface area (Å²) in [5, 5.41) is 10.6. The van der Waals surface area contributed by atoms with Gasteiger partial charge in [0.05, 0.1) is 84.2 Å². The lowest BCUT2D eigenvalue weighted by Crippen LogP contribution is -2.15. The smallest absolute Gasteiger partial charge is 0.305 e. The molecule has 1 aromatic rings. The summed E-state index contributed by atoms with van der Waals surface area (Å²) in [5.41, 5.74) is 0.0257. The number of non-ortho nitro benzene ring substituents is 1. The van der Waals surface area contributed by atoms with Gasteiger partial charge >= 0.3 is 5.97 Å². The Morgan fingerprint density at radius 2 is 1.00 bits per heavy atom. The average molecular weight is 602 g/mol. The van der Waals surface area contributed by atoms with Crippen LogP contribution in [0.25, 0.3) is 0 Å². The van der Waals surface area contributed by atoms with E-state index in [2.05, 4.69) is 6.92 Å². The van der Waals surface area contributed by atoms with E-state index in [0.717, 1.165) is 12.8 Å². The predicted octanol–water partition coefficient (Wildman–Crippen LogP) is 4.76. The molecule has 0 aliphatic heterocycles. The average Bonchev–Trinajstić information content (AvgIpc) is 2.99. The Hall–Kier alpha value is -2.35. The highest BCUT2D eigenvalue weighted by molar-refractivity contribution is 5.69. The van der Waals surface area contributed by atoms with E-state index in [4.69, 9.17) is 37.9 Å². The Labute approximate surface area is 250 Å². The van der Waals surface area contributed by atoms with Crippen molar-refractivity contribution in [3.63, 3.8) is 0 Å². The molecule has 0 aliphatic carbocycles. The monoisotopic (exact) mass is 601 g/mol. The predicted molar refractivity (Wildman–Crippen MR) is 157 cm³/mol. The van der Waals surface area contributed by atoms with E-state index in [1.807, 2.05) is 0 Å². The van der Waals surface area contributed by atoms with Crippen molar-refractivity contribution in [3.8, 4) is 5.75 Å². The van der Waals surface area contributed by atoms with Gasteiger partial charge in [-0.2, -0.15) is 0 Å². The quantitative estimate of drug-likeness (QED) is 0.0505. The highest BCUT2D eigenvalue weighted by atomic mass is 16.6. The van der Waals surface area contributed by atoms with Crippen molar-refractivity contribution in [1.82, 2.24) is 0 Å². The number of carbonyl (C=O) groups excluding carboxylic acids is 1. The van der Waals surface area contributed by atoms with Crippen molar-refractivity contribution in [2.45, 2.75) is 58.3 Å². The molecule has 1 aromatic carbocycles. The van der Waals surface area contributed by atoms with Crippen LogP contribution in [0.15, 0.2) is 24.3 Å². The number of benzene rings is 1. The van der Waals surface area contributed by atoms with Crippen molar-refractivity contribution in [2.24, 2.45) is 0 Å². The third-order valence-corrected chi connectivity index (χ3v) is 5.88. The highest BCUT2D eigenvalue weighted by Crippen LogP contribution is 2.17. The number of unbranched alkanes of at least 4 members (excludes halogenated alkanes) is 6. The van der Waals surface area contributed by atoms with E-state index in [1.54, 1.807) is 12.1 Å². The van der Waals surface area contributed by atoms with Crippen LogP contribution in [-0.2, 0) is 38.0 Å². The first kappa shape index (κ1) is 37.7. The maximum atomic E-state index is 11.7. The van der Waals surface area contributed by atoms with Gasteiger partial charge < -0.3 is 37.9 Å². The first-order valence-corrected chi connectivity index (χ1v) is 15.1. The summed E-state index contributed by atoms with van der Waals surface area (Å²) in [6, 6.07) is 5.91. The van der Waals surface area contributed by atoms with E-state index in [-0.39, 0.29) is 18.3 Å². The van der Waals surface area contributed by atoms with Crippen molar-refractivity contribution < 1.29 is 47.6 Å². The highest BCUT2D eigenvalue weighted by Gasteiger charge is 2.04. The number of rotatable bonds is 31. The minimum absolute atomic E-state index is 0.0257. The summed E-state index contributed by atoms with van der Waals surface area (Å²) >= 11 is 0. The molecular weight excluding hydrogens is 550 g/mol. The van der Waals surface area contributed by atoms with Crippen molar-refractivity contribution in [1.29, 1.82) is 0 Å². The molecular formula is C30H51NO11. The Kier molecular flexibility index (Phi) is 25.8. The maximum Gasteiger partial charge on any atom is 0.305 e. The second kappa shape index (κ2) is 28.8. The van der Waals surface area contributed by atoms with Gasteiger partial charge in [-0.15, -0.1) is 0 Å². The van der Waals surface area contributed by atoms with Gasteiger partial charge in [-0.05, 0) is 18.6 Å². The van der Waals surface area contributed by atoms with Gasteiger partial charge in [-0.1, -0.05) is 45.4 Å². The lowest BCUT2D eigenvalue weighted by molar-refractivity contribution is -0.384. The minimum Gasteiger partial charge on any atom is -0.491 e. The first-order chi connectivity index (χ1) is 20.6. The fraction of sp³-hybridized carbons (Fsp3) is 0.767. The van der Waals surface area contributed by atoms with Crippen LogP contribution in [0.4, 0.5) is 5.69 Å². The standard InChI is InChI=1S/C30H51NO11/c1-2-3-4-5-6-7-8-9-30(32)42-27-25-40-23-21-38-19-17-36-15-14-35-16-18-37-20-22-39-24-26-41-29-12-10-28(11-13-29)31(33)34/h10-13H,2-9,14-27H2,1H3. The number of ether oxygens (including phenoxy) is 8. The fourth-order valence-corrected chi connectivity index (χ4v) is 3.60. The zero-order valence-corrected chi connectivity index (χ0v) is 25.3. The molecule has 0 bridgehead atoms. The lowest BCUT2D eigenvalue weighted by Gasteiger charge is -2.09. The molecule has 42 heavy (non-hydrogen) atoms. The first-order valence-electron chi connectivity index (χ1n) is 15.1. The van der Waals surface area contributed by atoms with E-state index >= 15 is 0 Å². The van der Waals surface area contributed by atoms with Crippen molar-refractivity contribution in [2.75, 3.05) is 92.5 Å². The molecule has 1 rings (SSSR count). The number of hydrogen-bond acceptors (Lipinski definition) is 11. The summed E-state index contributed by atoms with van der Waals surface area (Å²) in [5.74, 6) is 0.407. The normalized spacial score (nSPS) is 11.1. The zero-order chi connectivity index (χ0) is 30.4. The number of nitro groups is 1. The maximum absolute atomic E-state index is 11.7. The van der Waals surface area contributed by atoms with E-state index < -0.39 is 4.92 Å². The van der Waals surface area contributed by atoms with Gasteiger partial charge in [0.15, 0.2) is 0 Å². The molecule has 0 unspecified atom stereocenters. The molecule has 0 saturated heterocycles. The second-order valence-electron chi connectivity index (χ2n) is 9.37. The number of carbonyl (C=O) groups is 1. The minimum atomic E-state index is -0.452. The molecule has 0 aromatic heterocycles. The fourth-order valence-electron chi connectivity index (χ4n) is 3.60. The molecule has 0 saturated carbocycles. The largest absolute Gasteiger partial charge is 0.491 e. The van der Waals surface area contributed by atoms with Crippen LogP contribution in [0.5, 0.6) is 5.75 Å². The number of hydrogen-bond donors (Lipinski definition) is 0. The van der Waals surface area contributed by atoms with Gasteiger partial charge in [0.2, 0.25) is 0 Å². The second-order valence-corrected chi connectivity index (χ2v) is 9.37. The van der Waals surface area contributed by atoms with Crippen LogP contribution in [0.2, 0.25) is 0 Å². The molecule has 0 atom stereocenters. The Balaban J connectivity index is 1.70. The van der Waals surface area contributed by atoms with Crippen LogP contribution in [0.3, 0.4) is 0 Å². The number of esters is 1. The molecule has 12 nitrogen and oxygen atoms in total. The summed E-state index contributed by atoms with van der Waals surface area (Å²) in [6.07, 6.45) is 8.75. The molecule has 0 N–H and O–H groups in total. The third kappa shape index (κ3) is 24.3. The molecule has 0 fully saturated rings. The number of nitrogens with zero attached hydrogens (tertiary/aromatic N) is 1. The van der Waals surface area contributed by atoms with Crippen LogP contribution in [0, 0.1) is 10.1 Å². The van der Waals surface area contributed by atoms with Crippen molar-refractivity contribution in [3.05, 3.63) is 34.4 Å². The van der Waals surface area contributed by atoms with Crippen LogP contribution in [-0.4, -0.2) is 103 Å². The van der Waals surface area contributed by atoms with Gasteiger partial charge in [0.1, 0.15) is 19.0 Å². The summed E-state index contributed by atoms with van der Waals surface area (Å²) in [7, 11) is 0. The molecule has 0 heterocycles. The topological polar surface area (TPSA) is 134 Å². The van der Waals surface area contributed by atoms with Gasteiger partial charge in [-0.3, -0.25) is 14.9 Å². The van der Waals surface area contributed by atoms with E-state index in [0.29, 0.717) is 98.1 Å². The molecule has 0 amide bonds. The van der Waals surface area contributed by atoms with Crippen molar-refractivity contribution >= 4 is 11.7 Å². The van der Waals surface area contributed by atoms with Gasteiger partial charge in [0.25, 0.3) is 5.69 Å². The summed E-state index contributed by atoms with van der Waals surface area (Å²) in [4.78, 5) is 21.8. The zero-order valence-electron chi connectivity index (χ0n) is 25.3. The van der Waals surface area contributed by atoms with Gasteiger partial charge in [0, 0.05) is 18.6 Å².